The van der Waals surface area contributed by atoms with Crippen LogP contribution in [-0.2, 0) is 4.79 Å². The molecule has 1 aromatic rings. The number of rotatable bonds is 6. The Bertz CT molecular complexity index is 544. The summed E-state index contributed by atoms with van der Waals surface area (Å²) in [4.78, 5) is 33.5. The Labute approximate surface area is 122 Å². The van der Waals surface area contributed by atoms with E-state index in [1.807, 2.05) is 0 Å². The van der Waals surface area contributed by atoms with E-state index in [4.69, 9.17) is 0 Å². The van der Waals surface area contributed by atoms with Crippen molar-refractivity contribution >= 4 is 23.7 Å². The molecule has 0 saturated heterocycles. The van der Waals surface area contributed by atoms with Crippen LogP contribution in [0.2, 0.25) is 0 Å². The summed E-state index contributed by atoms with van der Waals surface area (Å²) in [5.74, 6) is -3.04. The molecule has 1 aromatic carbocycles. The highest BCUT2D eigenvalue weighted by Crippen LogP contribution is 2.11. The summed E-state index contributed by atoms with van der Waals surface area (Å²) in [5, 5.41) is 26.4. The number of aliphatic carboxylic acids is 1. The van der Waals surface area contributed by atoms with E-state index >= 15 is 0 Å². The number of carboxylic acid groups (broad SMARTS) is 2. The molecule has 2 atom stereocenters. The normalized spacial score (nSPS) is 13.0. The smallest absolute Gasteiger partial charge is 0.319 e. The summed E-state index contributed by atoms with van der Waals surface area (Å²) < 4.78 is 0. The van der Waals surface area contributed by atoms with Gasteiger partial charge in [0.15, 0.2) is 0 Å². The minimum atomic E-state index is -1.37. The van der Waals surface area contributed by atoms with Crippen molar-refractivity contribution in [3.8, 4) is 0 Å². The van der Waals surface area contributed by atoms with Crippen LogP contribution >= 0.6 is 0 Å². The van der Waals surface area contributed by atoms with Gasteiger partial charge in [-0.3, -0.25) is 0 Å². The molecule has 0 spiro atoms. The molecular weight excluding hydrogens is 276 g/mol. The van der Waals surface area contributed by atoms with Crippen molar-refractivity contribution in [2.75, 3.05) is 5.32 Å². The lowest BCUT2D eigenvalue weighted by molar-refractivity contribution is -0.309. The fourth-order valence-electron chi connectivity index (χ4n) is 1.70. The summed E-state index contributed by atoms with van der Waals surface area (Å²) in [7, 11) is 0. The molecule has 0 radical (unpaired) electrons. The number of urea groups is 1. The number of carbonyl (C=O) groups is 3. The minimum absolute atomic E-state index is 0.0915. The molecule has 0 unspecified atom stereocenters. The Morgan fingerprint density at radius 2 is 1.90 bits per heavy atom. The standard InChI is InChI=1S/C14H18N2O5/c1-3-8(2)11(13(19)20)16-14(21)15-10-6-4-5-9(7-10)12(17)18/h4-8,11H,3H2,1-2H3,(H,17,18)(H,19,20)(H2,15,16,21)/p-2/t8-,11+/m1/s1. The average molecular weight is 292 g/mol. The molecule has 0 bridgehead atoms. The van der Waals surface area contributed by atoms with Gasteiger partial charge < -0.3 is 30.4 Å². The van der Waals surface area contributed by atoms with E-state index in [0.29, 0.717) is 6.42 Å². The molecule has 0 aromatic heterocycles. The zero-order valence-corrected chi connectivity index (χ0v) is 11.7. The van der Waals surface area contributed by atoms with Gasteiger partial charge in [0.2, 0.25) is 0 Å². The van der Waals surface area contributed by atoms with Crippen LogP contribution in [0.1, 0.15) is 30.6 Å². The molecule has 21 heavy (non-hydrogen) atoms. The zero-order chi connectivity index (χ0) is 16.0. The van der Waals surface area contributed by atoms with Crippen molar-refractivity contribution < 1.29 is 24.6 Å². The molecule has 2 N–H and O–H groups in total. The molecule has 0 aliphatic rings. The molecule has 114 valence electrons. The van der Waals surface area contributed by atoms with Crippen molar-refractivity contribution in [1.29, 1.82) is 0 Å². The second-order valence-corrected chi connectivity index (χ2v) is 4.65. The zero-order valence-electron chi connectivity index (χ0n) is 11.7. The topological polar surface area (TPSA) is 121 Å². The van der Waals surface area contributed by atoms with Gasteiger partial charge in [-0.1, -0.05) is 32.4 Å². The first-order chi connectivity index (χ1) is 9.85. The monoisotopic (exact) mass is 292 g/mol. The Kier molecular flexibility index (Phi) is 5.71. The number of benzene rings is 1. The molecule has 7 nitrogen and oxygen atoms in total. The van der Waals surface area contributed by atoms with Crippen molar-refractivity contribution in [2.24, 2.45) is 5.92 Å². The fourth-order valence-corrected chi connectivity index (χ4v) is 1.70. The predicted octanol–water partition coefficient (Wildman–Crippen LogP) is -0.664. The van der Waals surface area contributed by atoms with Crippen molar-refractivity contribution in [1.82, 2.24) is 5.32 Å². The molecule has 0 saturated carbocycles. The number of aromatic carboxylic acids is 1. The van der Waals surface area contributed by atoms with Gasteiger partial charge in [-0.25, -0.2) is 4.79 Å². The Hall–Kier alpha value is -2.57. The lowest BCUT2D eigenvalue weighted by Gasteiger charge is -2.25. The van der Waals surface area contributed by atoms with Gasteiger partial charge in [0, 0.05) is 5.69 Å². The third kappa shape index (κ3) is 4.79. The second kappa shape index (κ2) is 7.28. The number of carbonyl (C=O) groups excluding carboxylic acids is 3. The van der Waals surface area contributed by atoms with Gasteiger partial charge in [0.25, 0.3) is 0 Å². The Balaban J connectivity index is 2.74. The van der Waals surface area contributed by atoms with Crippen molar-refractivity contribution in [3.63, 3.8) is 0 Å². The summed E-state index contributed by atoms with van der Waals surface area (Å²) in [6.07, 6.45) is 0.555. The first kappa shape index (κ1) is 16.5. The fraction of sp³-hybridized carbons (Fsp3) is 0.357. The van der Waals surface area contributed by atoms with Crippen molar-refractivity contribution in [3.05, 3.63) is 29.8 Å². The maximum absolute atomic E-state index is 11.8. The largest absolute Gasteiger partial charge is 0.548 e. The summed E-state index contributed by atoms with van der Waals surface area (Å²) in [6.45, 7) is 3.47. The Morgan fingerprint density at radius 1 is 1.24 bits per heavy atom. The van der Waals surface area contributed by atoms with E-state index in [1.165, 1.54) is 24.3 Å². The van der Waals surface area contributed by atoms with E-state index in [-0.39, 0.29) is 17.2 Å². The van der Waals surface area contributed by atoms with Gasteiger partial charge in [-0.15, -0.1) is 0 Å². The third-order valence-corrected chi connectivity index (χ3v) is 3.11. The van der Waals surface area contributed by atoms with E-state index in [1.54, 1.807) is 13.8 Å². The highest BCUT2D eigenvalue weighted by atomic mass is 16.4. The van der Waals surface area contributed by atoms with Crippen LogP contribution in [0.3, 0.4) is 0 Å². The third-order valence-electron chi connectivity index (χ3n) is 3.11. The van der Waals surface area contributed by atoms with Gasteiger partial charge in [0.1, 0.15) is 0 Å². The van der Waals surface area contributed by atoms with E-state index in [0.717, 1.165) is 0 Å². The van der Waals surface area contributed by atoms with E-state index < -0.39 is 24.0 Å². The molecule has 1 rings (SSSR count). The molecule has 0 heterocycles. The van der Waals surface area contributed by atoms with Crippen LogP contribution in [0.5, 0.6) is 0 Å². The SMILES string of the molecule is CC[C@@H](C)[C@H](NC(=O)Nc1cccc(C(=O)[O-])c1)C(=O)[O-]. The minimum Gasteiger partial charge on any atom is -0.548 e. The van der Waals surface area contributed by atoms with Crippen LogP contribution in [-0.4, -0.2) is 24.0 Å². The van der Waals surface area contributed by atoms with E-state index in [9.17, 15) is 24.6 Å². The molecule has 0 aliphatic carbocycles. The van der Waals surface area contributed by atoms with Crippen LogP contribution < -0.4 is 20.8 Å². The van der Waals surface area contributed by atoms with Crippen LogP contribution in [0.25, 0.3) is 0 Å². The van der Waals surface area contributed by atoms with Gasteiger partial charge in [-0.05, 0) is 23.6 Å². The molecule has 2 amide bonds. The quantitative estimate of drug-likeness (QED) is 0.720. The first-order valence-corrected chi connectivity index (χ1v) is 6.45. The first-order valence-electron chi connectivity index (χ1n) is 6.45. The lowest BCUT2D eigenvalue weighted by Crippen LogP contribution is -2.52. The van der Waals surface area contributed by atoms with E-state index in [2.05, 4.69) is 10.6 Å². The Morgan fingerprint density at radius 3 is 2.43 bits per heavy atom. The maximum Gasteiger partial charge on any atom is 0.319 e. The molecule has 0 fully saturated rings. The number of carboxylic acids is 2. The summed E-state index contributed by atoms with van der Waals surface area (Å²) in [6, 6.07) is 3.57. The molecular formula is C14H16N2O5-2. The number of hydrogen-bond acceptors (Lipinski definition) is 5. The highest BCUT2D eigenvalue weighted by molar-refractivity contribution is 5.94. The second-order valence-electron chi connectivity index (χ2n) is 4.65. The lowest BCUT2D eigenvalue weighted by atomic mass is 9.99. The number of anilines is 1. The number of amides is 2. The highest BCUT2D eigenvalue weighted by Gasteiger charge is 2.19. The van der Waals surface area contributed by atoms with Gasteiger partial charge in [-0.2, -0.15) is 0 Å². The summed E-state index contributed by atoms with van der Waals surface area (Å²) >= 11 is 0. The van der Waals surface area contributed by atoms with Gasteiger partial charge in [0.05, 0.1) is 18.0 Å². The van der Waals surface area contributed by atoms with Crippen LogP contribution in [0.15, 0.2) is 24.3 Å². The number of nitrogens with one attached hydrogen (secondary N) is 2. The molecule has 0 aliphatic heterocycles. The average Bonchev–Trinajstić information content (AvgIpc) is 2.43. The summed E-state index contributed by atoms with van der Waals surface area (Å²) in [5.41, 5.74) is 0.127. The van der Waals surface area contributed by atoms with Crippen LogP contribution in [0.4, 0.5) is 10.5 Å². The van der Waals surface area contributed by atoms with Crippen molar-refractivity contribution in [2.45, 2.75) is 26.3 Å². The predicted molar refractivity (Wildman–Crippen MR) is 71.2 cm³/mol. The molecule has 7 heteroatoms. The van der Waals surface area contributed by atoms with Crippen LogP contribution in [0, 0.1) is 5.92 Å². The maximum atomic E-state index is 11.8. The number of hydrogen-bond donors (Lipinski definition) is 2. The van der Waals surface area contributed by atoms with Gasteiger partial charge >= 0.3 is 6.03 Å².